The smallest absolute Gasteiger partial charge is 0.317 e. The van der Waals surface area contributed by atoms with Gasteiger partial charge in [0.05, 0.1) is 0 Å². The highest BCUT2D eigenvalue weighted by Crippen LogP contribution is 2.21. The van der Waals surface area contributed by atoms with Gasteiger partial charge in [0.1, 0.15) is 0 Å². The lowest BCUT2D eigenvalue weighted by molar-refractivity contribution is -0.137. The van der Waals surface area contributed by atoms with Crippen LogP contribution >= 0.6 is 0 Å². The van der Waals surface area contributed by atoms with Crippen LogP contribution in [0.5, 0.6) is 0 Å². The first kappa shape index (κ1) is 17.8. The Morgan fingerprint density at radius 2 is 2.10 bits per heavy atom. The molecule has 122 valence electrons. The number of hydrogen-bond donors (Lipinski definition) is 2. The molecule has 0 saturated carbocycles. The number of likely N-dealkylation sites (tertiary alicyclic amines) is 1. The Labute approximate surface area is 128 Å². The molecule has 21 heavy (non-hydrogen) atoms. The van der Waals surface area contributed by atoms with Crippen molar-refractivity contribution < 1.29 is 14.7 Å². The predicted molar refractivity (Wildman–Crippen MR) is 83.4 cm³/mol. The fourth-order valence-corrected chi connectivity index (χ4v) is 2.92. The Morgan fingerprint density at radius 3 is 2.76 bits per heavy atom. The molecule has 2 atom stereocenters. The summed E-state index contributed by atoms with van der Waals surface area (Å²) in [5.74, 6) is -0.783. The van der Waals surface area contributed by atoms with E-state index in [1.54, 1.807) is 0 Å². The number of carboxylic acid groups (broad SMARTS) is 1. The summed E-state index contributed by atoms with van der Waals surface area (Å²) in [4.78, 5) is 24.9. The second-order valence-electron chi connectivity index (χ2n) is 6.12. The van der Waals surface area contributed by atoms with Crippen LogP contribution in [0.1, 0.15) is 71.6 Å². The van der Waals surface area contributed by atoms with E-state index in [9.17, 15) is 9.59 Å². The fourth-order valence-electron chi connectivity index (χ4n) is 2.92. The van der Waals surface area contributed by atoms with Gasteiger partial charge in [0.15, 0.2) is 0 Å². The lowest BCUT2D eigenvalue weighted by Crippen LogP contribution is -2.50. The maximum Gasteiger partial charge on any atom is 0.317 e. The number of rotatable bonds is 8. The van der Waals surface area contributed by atoms with Crippen LogP contribution in [0.3, 0.4) is 0 Å². The molecule has 5 heteroatoms. The predicted octanol–water partition coefficient (Wildman–Crippen LogP) is 3.38. The number of unbranched alkanes of at least 4 members (excludes halogenated alkanes) is 2. The Kier molecular flexibility index (Phi) is 8.16. The molecule has 2 N–H and O–H groups in total. The zero-order valence-electron chi connectivity index (χ0n) is 13.4. The fraction of sp³-hybridized carbons (Fsp3) is 0.875. The van der Waals surface area contributed by atoms with Crippen LogP contribution in [-0.2, 0) is 4.79 Å². The first-order valence-electron chi connectivity index (χ1n) is 8.33. The summed E-state index contributed by atoms with van der Waals surface area (Å²) in [5.41, 5.74) is 0. The maximum absolute atomic E-state index is 12.4. The minimum atomic E-state index is -0.783. The van der Waals surface area contributed by atoms with E-state index < -0.39 is 5.97 Å². The highest BCUT2D eigenvalue weighted by molar-refractivity contribution is 5.75. The van der Waals surface area contributed by atoms with Crippen molar-refractivity contribution in [3.05, 3.63) is 0 Å². The van der Waals surface area contributed by atoms with Gasteiger partial charge < -0.3 is 15.3 Å². The van der Waals surface area contributed by atoms with E-state index in [1.807, 2.05) is 11.8 Å². The van der Waals surface area contributed by atoms with Gasteiger partial charge in [0, 0.05) is 25.0 Å². The Bertz CT molecular complexity index is 333. The summed E-state index contributed by atoms with van der Waals surface area (Å²) < 4.78 is 0. The third-order valence-electron chi connectivity index (χ3n) is 4.19. The van der Waals surface area contributed by atoms with E-state index in [2.05, 4.69) is 12.2 Å². The molecule has 0 aromatic carbocycles. The van der Waals surface area contributed by atoms with Gasteiger partial charge in [-0.25, -0.2) is 4.79 Å². The number of carboxylic acids is 1. The minimum absolute atomic E-state index is 0.0194. The van der Waals surface area contributed by atoms with Gasteiger partial charge >= 0.3 is 12.0 Å². The SMILES string of the molecule is CCCCCC(C)NC(=O)N1CCCCC1CCC(=O)O. The Hall–Kier alpha value is -1.26. The van der Waals surface area contributed by atoms with Gasteiger partial charge in [-0.05, 0) is 39.0 Å². The van der Waals surface area contributed by atoms with Crippen LogP contribution in [0.4, 0.5) is 4.79 Å². The molecule has 2 unspecified atom stereocenters. The topological polar surface area (TPSA) is 69.6 Å². The van der Waals surface area contributed by atoms with Crippen LogP contribution in [-0.4, -0.2) is 40.6 Å². The molecule has 1 fully saturated rings. The number of nitrogens with zero attached hydrogens (tertiary/aromatic N) is 1. The maximum atomic E-state index is 12.4. The van der Waals surface area contributed by atoms with Crippen molar-refractivity contribution in [3.63, 3.8) is 0 Å². The monoisotopic (exact) mass is 298 g/mol. The molecule has 0 aliphatic carbocycles. The lowest BCUT2D eigenvalue weighted by atomic mass is 9.98. The van der Waals surface area contributed by atoms with Crippen molar-refractivity contribution >= 4 is 12.0 Å². The van der Waals surface area contributed by atoms with Gasteiger partial charge in [-0.15, -0.1) is 0 Å². The molecule has 1 rings (SSSR count). The third-order valence-corrected chi connectivity index (χ3v) is 4.19. The van der Waals surface area contributed by atoms with Crippen molar-refractivity contribution in [2.24, 2.45) is 0 Å². The highest BCUT2D eigenvalue weighted by atomic mass is 16.4. The first-order chi connectivity index (χ1) is 10.0. The van der Waals surface area contributed by atoms with E-state index in [0.717, 1.165) is 38.6 Å². The van der Waals surface area contributed by atoms with Crippen LogP contribution in [0.2, 0.25) is 0 Å². The number of aliphatic carboxylic acids is 1. The summed E-state index contributed by atoms with van der Waals surface area (Å²) in [6.07, 6.45) is 8.25. The number of piperidine rings is 1. The van der Waals surface area contributed by atoms with Crippen molar-refractivity contribution in [2.75, 3.05) is 6.54 Å². The van der Waals surface area contributed by atoms with Gasteiger partial charge in [0.25, 0.3) is 0 Å². The average molecular weight is 298 g/mol. The largest absolute Gasteiger partial charge is 0.481 e. The van der Waals surface area contributed by atoms with E-state index in [-0.39, 0.29) is 24.5 Å². The van der Waals surface area contributed by atoms with Gasteiger partial charge in [-0.2, -0.15) is 0 Å². The van der Waals surface area contributed by atoms with E-state index in [1.165, 1.54) is 12.8 Å². The molecule has 0 aromatic rings. The zero-order chi connectivity index (χ0) is 15.7. The zero-order valence-corrected chi connectivity index (χ0v) is 13.4. The number of nitrogens with one attached hydrogen (secondary N) is 1. The van der Waals surface area contributed by atoms with Crippen LogP contribution < -0.4 is 5.32 Å². The first-order valence-corrected chi connectivity index (χ1v) is 8.33. The molecule has 0 radical (unpaired) electrons. The second kappa shape index (κ2) is 9.64. The average Bonchev–Trinajstić information content (AvgIpc) is 2.45. The molecule has 1 heterocycles. The van der Waals surface area contributed by atoms with Crippen LogP contribution in [0, 0.1) is 0 Å². The standard InChI is InChI=1S/C16H30N2O3/c1-3-4-5-8-13(2)17-16(21)18-12-7-6-9-14(18)10-11-15(19)20/h13-14H,3-12H2,1-2H3,(H,17,21)(H,19,20). The highest BCUT2D eigenvalue weighted by Gasteiger charge is 2.27. The van der Waals surface area contributed by atoms with Crippen LogP contribution in [0.15, 0.2) is 0 Å². The number of urea groups is 1. The van der Waals surface area contributed by atoms with E-state index >= 15 is 0 Å². The molecular formula is C16H30N2O3. The normalized spacial score (nSPS) is 20.1. The van der Waals surface area contributed by atoms with E-state index in [4.69, 9.17) is 5.11 Å². The number of carbonyl (C=O) groups is 2. The van der Waals surface area contributed by atoms with Crippen molar-refractivity contribution in [1.82, 2.24) is 10.2 Å². The molecular weight excluding hydrogens is 268 g/mol. The number of carbonyl (C=O) groups excluding carboxylic acids is 1. The molecule has 0 spiro atoms. The number of amides is 2. The molecule has 5 nitrogen and oxygen atoms in total. The lowest BCUT2D eigenvalue weighted by Gasteiger charge is -2.36. The minimum Gasteiger partial charge on any atom is -0.481 e. The summed E-state index contributed by atoms with van der Waals surface area (Å²) >= 11 is 0. The van der Waals surface area contributed by atoms with E-state index in [0.29, 0.717) is 6.42 Å². The molecule has 0 aromatic heterocycles. The van der Waals surface area contributed by atoms with Gasteiger partial charge in [-0.1, -0.05) is 26.2 Å². The second-order valence-corrected chi connectivity index (χ2v) is 6.12. The van der Waals surface area contributed by atoms with Gasteiger partial charge in [-0.3, -0.25) is 4.79 Å². The molecule has 0 bridgehead atoms. The molecule has 2 amide bonds. The quantitative estimate of drug-likeness (QED) is 0.675. The molecule has 1 aliphatic heterocycles. The van der Waals surface area contributed by atoms with Crippen LogP contribution in [0.25, 0.3) is 0 Å². The summed E-state index contributed by atoms with van der Waals surface area (Å²) in [5, 5.41) is 11.9. The summed E-state index contributed by atoms with van der Waals surface area (Å²) in [6, 6.07) is 0.248. The summed E-state index contributed by atoms with van der Waals surface area (Å²) in [6.45, 7) is 4.96. The number of hydrogen-bond acceptors (Lipinski definition) is 2. The van der Waals surface area contributed by atoms with Gasteiger partial charge in [0.2, 0.25) is 0 Å². The Balaban J connectivity index is 2.42. The summed E-state index contributed by atoms with van der Waals surface area (Å²) in [7, 11) is 0. The van der Waals surface area contributed by atoms with Crippen molar-refractivity contribution in [2.45, 2.75) is 83.7 Å². The molecule has 1 saturated heterocycles. The van der Waals surface area contributed by atoms with Crippen molar-refractivity contribution in [1.29, 1.82) is 0 Å². The Morgan fingerprint density at radius 1 is 1.33 bits per heavy atom. The third kappa shape index (κ3) is 6.82. The molecule has 1 aliphatic rings. The van der Waals surface area contributed by atoms with Crippen molar-refractivity contribution in [3.8, 4) is 0 Å².